The van der Waals surface area contributed by atoms with Crippen molar-refractivity contribution >= 4 is 5.91 Å². The van der Waals surface area contributed by atoms with Crippen molar-refractivity contribution in [2.75, 3.05) is 7.05 Å². The molecule has 1 N–H and O–H groups in total. The summed E-state index contributed by atoms with van der Waals surface area (Å²) in [5.74, 6) is 0.00463. The number of nitrogens with one attached hydrogen (secondary N) is 1. The van der Waals surface area contributed by atoms with E-state index in [1.54, 1.807) is 13.2 Å². The first kappa shape index (κ1) is 8.68. The highest BCUT2D eigenvalue weighted by Gasteiger charge is 1.72. The van der Waals surface area contributed by atoms with E-state index in [-0.39, 0.29) is 5.91 Å². The van der Waals surface area contributed by atoms with Gasteiger partial charge in [0.1, 0.15) is 6.26 Å². The summed E-state index contributed by atoms with van der Waals surface area (Å²) in [4.78, 5) is 13.3. The molecule has 0 spiro atoms. The summed E-state index contributed by atoms with van der Waals surface area (Å²) < 4.78 is 4.47. The van der Waals surface area contributed by atoms with Crippen LogP contribution in [0.5, 0.6) is 0 Å². The molecule has 4 nitrogen and oxygen atoms in total. The molecule has 0 aliphatic carbocycles. The standard InChI is InChI=1S/C3H3NO.C3H7NO/c1-2-5-3-4-1;1-3(5)4-2/h1-3H;1-2H3,(H,4,5). The molecule has 1 heterocycles. The van der Waals surface area contributed by atoms with Crippen molar-refractivity contribution in [2.24, 2.45) is 0 Å². The molecule has 1 rings (SSSR count). The van der Waals surface area contributed by atoms with Crippen molar-refractivity contribution < 1.29 is 9.21 Å². The minimum Gasteiger partial charge on any atom is -0.452 e. The maximum atomic E-state index is 9.70. The Morgan fingerprint density at radius 1 is 1.70 bits per heavy atom. The Morgan fingerprint density at radius 3 is 2.40 bits per heavy atom. The van der Waals surface area contributed by atoms with E-state index in [9.17, 15) is 4.79 Å². The molecule has 1 aromatic heterocycles. The van der Waals surface area contributed by atoms with Crippen LogP contribution in [0.3, 0.4) is 0 Å². The Morgan fingerprint density at radius 2 is 2.30 bits per heavy atom. The number of rotatable bonds is 0. The quantitative estimate of drug-likeness (QED) is 0.571. The molecule has 0 fully saturated rings. The van der Waals surface area contributed by atoms with E-state index in [2.05, 4.69) is 14.7 Å². The van der Waals surface area contributed by atoms with Gasteiger partial charge >= 0.3 is 0 Å². The van der Waals surface area contributed by atoms with Gasteiger partial charge in [0.15, 0.2) is 6.39 Å². The highest BCUT2D eigenvalue weighted by molar-refractivity contribution is 5.72. The molecular formula is C6H10N2O2. The van der Waals surface area contributed by atoms with Gasteiger partial charge in [0.05, 0.1) is 6.20 Å². The lowest BCUT2D eigenvalue weighted by Crippen LogP contribution is -2.11. The average molecular weight is 142 g/mol. The Bertz CT molecular complexity index is 143. The van der Waals surface area contributed by atoms with Crippen LogP contribution in [0.4, 0.5) is 0 Å². The van der Waals surface area contributed by atoms with E-state index in [0.29, 0.717) is 0 Å². The van der Waals surface area contributed by atoms with E-state index >= 15 is 0 Å². The lowest BCUT2D eigenvalue weighted by molar-refractivity contribution is -0.118. The van der Waals surface area contributed by atoms with Crippen LogP contribution in [0.2, 0.25) is 0 Å². The summed E-state index contributed by atoms with van der Waals surface area (Å²) in [7, 11) is 1.60. The van der Waals surface area contributed by atoms with E-state index in [1.807, 2.05) is 0 Å². The zero-order chi connectivity index (χ0) is 7.82. The molecule has 0 radical (unpaired) electrons. The van der Waals surface area contributed by atoms with Gasteiger partial charge in [0.25, 0.3) is 0 Å². The fourth-order valence-electron chi connectivity index (χ4n) is 0.176. The number of oxazole rings is 1. The maximum absolute atomic E-state index is 9.70. The van der Waals surface area contributed by atoms with Crippen molar-refractivity contribution in [2.45, 2.75) is 6.92 Å². The van der Waals surface area contributed by atoms with Crippen LogP contribution < -0.4 is 5.32 Å². The van der Waals surface area contributed by atoms with Crippen molar-refractivity contribution in [1.29, 1.82) is 0 Å². The van der Waals surface area contributed by atoms with Gasteiger partial charge in [-0.15, -0.1) is 0 Å². The summed E-state index contributed by atoms with van der Waals surface area (Å²) in [6, 6.07) is 0. The first-order valence-electron chi connectivity index (χ1n) is 2.78. The summed E-state index contributed by atoms with van der Waals surface area (Å²) >= 11 is 0. The van der Waals surface area contributed by atoms with E-state index in [4.69, 9.17) is 0 Å². The largest absolute Gasteiger partial charge is 0.452 e. The van der Waals surface area contributed by atoms with Crippen LogP contribution in [0.15, 0.2) is 23.3 Å². The summed E-state index contributed by atoms with van der Waals surface area (Å²) in [6.45, 7) is 1.47. The molecule has 1 amide bonds. The highest BCUT2D eigenvalue weighted by Crippen LogP contribution is 1.72. The average Bonchev–Trinajstić information content (AvgIpc) is 2.43. The van der Waals surface area contributed by atoms with Gasteiger partial charge < -0.3 is 9.73 Å². The lowest BCUT2D eigenvalue weighted by Gasteiger charge is -1.80. The van der Waals surface area contributed by atoms with Gasteiger partial charge in [-0.2, -0.15) is 0 Å². The molecule has 56 valence electrons. The number of aromatic nitrogens is 1. The third-order valence-corrected chi connectivity index (χ3v) is 0.699. The molecule has 0 aliphatic heterocycles. The maximum Gasteiger partial charge on any atom is 0.216 e. The SMILES string of the molecule is CNC(C)=O.c1cocn1. The Hall–Kier alpha value is -1.32. The smallest absolute Gasteiger partial charge is 0.216 e. The van der Waals surface area contributed by atoms with Gasteiger partial charge in [-0.1, -0.05) is 0 Å². The second-order valence-electron chi connectivity index (χ2n) is 1.48. The van der Waals surface area contributed by atoms with Crippen molar-refractivity contribution in [1.82, 2.24) is 10.3 Å². The van der Waals surface area contributed by atoms with Gasteiger partial charge in [0, 0.05) is 14.0 Å². The molecule has 0 saturated heterocycles. The fraction of sp³-hybridized carbons (Fsp3) is 0.333. The number of carbonyl (C=O) groups is 1. The van der Waals surface area contributed by atoms with Crippen LogP contribution in [-0.4, -0.2) is 17.9 Å². The number of nitrogens with zero attached hydrogens (tertiary/aromatic N) is 1. The van der Waals surface area contributed by atoms with Crippen LogP contribution in [0, 0.1) is 0 Å². The minimum atomic E-state index is 0.00463. The van der Waals surface area contributed by atoms with E-state index in [1.165, 1.54) is 19.6 Å². The first-order chi connectivity index (χ1) is 4.77. The predicted octanol–water partition coefficient (Wildman–Crippen LogP) is 0.427. The van der Waals surface area contributed by atoms with Crippen LogP contribution in [0.25, 0.3) is 0 Å². The van der Waals surface area contributed by atoms with Crippen LogP contribution >= 0.6 is 0 Å². The van der Waals surface area contributed by atoms with Crippen molar-refractivity contribution in [3.05, 3.63) is 18.9 Å². The topological polar surface area (TPSA) is 55.1 Å². The number of hydrogen-bond donors (Lipinski definition) is 1. The molecule has 0 saturated carbocycles. The molecule has 0 bridgehead atoms. The molecular weight excluding hydrogens is 132 g/mol. The van der Waals surface area contributed by atoms with Crippen LogP contribution in [0.1, 0.15) is 6.92 Å². The molecule has 0 atom stereocenters. The molecule has 0 aliphatic rings. The van der Waals surface area contributed by atoms with Crippen LogP contribution in [-0.2, 0) is 4.79 Å². The Labute approximate surface area is 59.3 Å². The zero-order valence-corrected chi connectivity index (χ0v) is 6.00. The molecule has 10 heavy (non-hydrogen) atoms. The summed E-state index contributed by atoms with van der Waals surface area (Å²) in [5, 5.41) is 2.39. The van der Waals surface area contributed by atoms with Gasteiger partial charge in [-0.3, -0.25) is 4.79 Å². The van der Waals surface area contributed by atoms with Gasteiger partial charge in [0.2, 0.25) is 5.91 Å². The van der Waals surface area contributed by atoms with E-state index in [0.717, 1.165) is 0 Å². The first-order valence-corrected chi connectivity index (χ1v) is 2.78. The van der Waals surface area contributed by atoms with Gasteiger partial charge in [-0.25, -0.2) is 4.98 Å². The van der Waals surface area contributed by atoms with E-state index < -0.39 is 0 Å². The molecule has 1 aromatic rings. The summed E-state index contributed by atoms with van der Waals surface area (Å²) in [5.41, 5.74) is 0. The molecule has 0 unspecified atom stereocenters. The third-order valence-electron chi connectivity index (χ3n) is 0.699. The van der Waals surface area contributed by atoms with Gasteiger partial charge in [-0.05, 0) is 0 Å². The zero-order valence-electron chi connectivity index (χ0n) is 6.00. The lowest BCUT2D eigenvalue weighted by atomic mass is 10.7. The highest BCUT2D eigenvalue weighted by atomic mass is 16.3. The normalized spacial score (nSPS) is 7.40. The van der Waals surface area contributed by atoms with Crippen molar-refractivity contribution in [3.8, 4) is 0 Å². The fourth-order valence-corrected chi connectivity index (χ4v) is 0.176. The monoisotopic (exact) mass is 142 g/mol. The number of hydrogen-bond acceptors (Lipinski definition) is 3. The second-order valence-corrected chi connectivity index (χ2v) is 1.48. The minimum absolute atomic E-state index is 0.00463. The summed E-state index contributed by atoms with van der Waals surface area (Å²) in [6.07, 6.45) is 4.47. The second kappa shape index (κ2) is 5.81. The molecule has 0 aromatic carbocycles. The Balaban J connectivity index is 0.000000162. The third kappa shape index (κ3) is 6.68. The van der Waals surface area contributed by atoms with Crippen molar-refractivity contribution in [3.63, 3.8) is 0 Å². The predicted molar refractivity (Wildman–Crippen MR) is 36.2 cm³/mol. The number of amides is 1. The Kier molecular flexibility index (Phi) is 5.04. The number of carbonyl (C=O) groups excluding carboxylic acids is 1. The molecule has 4 heteroatoms.